The number of hydrogen-bond donors (Lipinski definition) is 0. The third-order valence-corrected chi connectivity index (χ3v) is 3.77. The summed E-state index contributed by atoms with van der Waals surface area (Å²) < 4.78 is 18.7. The van der Waals surface area contributed by atoms with Gasteiger partial charge < -0.3 is 9.64 Å². The molecule has 1 aliphatic heterocycles. The first kappa shape index (κ1) is 14.8. The monoisotopic (exact) mass is 279 g/mol. The van der Waals surface area contributed by atoms with Crippen LogP contribution in [0.3, 0.4) is 0 Å². The number of amides is 1. The summed E-state index contributed by atoms with van der Waals surface area (Å²) in [6, 6.07) is 6.01. The second-order valence-electron chi connectivity index (χ2n) is 5.91. The molecule has 0 bridgehead atoms. The molecule has 0 aromatic heterocycles. The van der Waals surface area contributed by atoms with Crippen LogP contribution in [-0.2, 0) is 4.79 Å². The Labute approximate surface area is 119 Å². The zero-order valence-electron chi connectivity index (χ0n) is 12.4. The Kier molecular flexibility index (Phi) is 4.31. The van der Waals surface area contributed by atoms with E-state index in [1.807, 2.05) is 4.90 Å². The molecule has 0 radical (unpaired) electrons. The van der Waals surface area contributed by atoms with Crippen molar-refractivity contribution < 1.29 is 13.9 Å². The third kappa shape index (κ3) is 3.30. The Morgan fingerprint density at radius 3 is 2.55 bits per heavy atom. The molecule has 1 atom stereocenters. The number of hydrogen-bond acceptors (Lipinski definition) is 2. The van der Waals surface area contributed by atoms with Gasteiger partial charge in [-0.15, -0.1) is 0 Å². The highest BCUT2D eigenvalue weighted by molar-refractivity contribution is 5.85. The highest BCUT2D eigenvalue weighted by Gasteiger charge is 2.37. The van der Waals surface area contributed by atoms with Gasteiger partial charge in [-0.1, -0.05) is 0 Å². The fourth-order valence-corrected chi connectivity index (χ4v) is 2.59. The SMILES string of the molecule is CC1CCCCN1C(=O)C(C)(C)Oc1ccc(F)cc1. The molecule has 20 heavy (non-hydrogen) atoms. The first-order valence-electron chi connectivity index (χ1n) is 7.16. The summed E-state index contributed by atoms with van der Waals surface area (Å²) in [5.41, 5.74) is -0.941. The average Bonchev–Trinajstić information content (AvgIpc) is 2.41. The van der Waals surface area contributed by atoms with Crippen LogP contribution >= 0.6 is 0 Å². The fraction of sp³-hybridized carbons (Fsp3) is 0.562. The smallest absolute Gasteiger partial charge is 0.266 e. The zero-order valence-corrected chi connectivity index (χ0v) is 12.4. The zero-order chi connectivity index (χ0) is 14.8. The van der Waals surface area contributed by atoms with Crippen molar-refractivity contribution >= 4 is 5.91 Å². The predicted molar refractivity (Wildman–Crippen MR) is 76.1 cm³/mol. The normalized spacial score (nSPS) is 19.8. The molecule has 3 nitrogen and oxygen atoms in total. The molecule has 1 amide bonds. The molecule has 0 aliphatic carbocycles. The third-order valence-electron chi connectivity index (χ3n) is 3.77. The largest absolute Gasteiger partial charge is 0.478 e. The number of carbonyl (C=O) groups is 1. The van der Waals surface area contributed by atoms with Crippen LogP contribution in [0.2, 0.25) is 0 Å². The van der Waals surface area contributed by atoms with E-state index in [0.29, 0.717) is 5.75 Å². The molecule has 1 aliphatic rings. The van der Waals surface area contributed by atoms with Crippen molar-refractivity contribution in [1.29, 1.82) is 0 Å². The minimum absolute atomic E-state index is 0.00553. The van der Waals surface area contributed by atoms with Crippen molar-refractivity contribution in [1.82, 2.24) is 4.90 Å². The van der Waals surface area contributed by atoms with E-state index in [1.165, 1.54) is 18.6 Å². The highest BCUT2D eigenvalue weighted by atomic mass is 19.1. The fourth-order valence-electron chi connectivity index (χ4n) is 2.59. The van der Waals surface area contributed by atoms with Crippen molar-refractivity contribution in [2.24, 2.45) is 0 Å². The van der Waals surface area contributed by atoms with E-state index in [0.717, 1.165) is 19.4 Å². The van der Waals surface area contributed by atoms with Crippen LogP contribution in [0.25, 0.3) is 0 Å². The second-order valence-corrected chi connectivity index (χ2v) is 5.91. The molecule has 1 fully saturated rings. The Balaban J connectivity index is 2.08. The first-order chi connectivity index (χ1) is 9.40. The topological polar surface area (TPSA) is 29.5 Å². The molecule has 1 unspecified atom stereocenters. The number of ether oxygens (including phenoxy) is 1. The maximum absolute atomic E-state index is 12.9. The van der Waals surface area contributed by atoms with Crippen molar-refractivity contribution in [2.45, 2.75) is 51.7 Å². The molecule has 2 rings (SSSR count). The Morgan fingerprint density at radius 2 is 1.95 bits per heavy atom. The molecular formula is C16H22FNO2. The van der Waals surface area contributed by atoms with Gasteiger partial charge in [0.25, 0.3) is 5.91 Å². The second kappa shape index (κ2) is 5.81. The van der Waals surface area contributed by atoms with Crippen LogP contribution in [-0.4, -0.2) is 29.0 Å². The molecule has 0 saturated carbocycles. The number of halogens is 1. The van der Waals surface area contributed by atoms with E-state index in [2.05, 4.69) is 6.92 Å². The van der Waals surface area contributed by atoms with E-state index in [9.17, 15) is 9.18 Å². The molecule has 4 heteroatoms. The molecule has 1 saturated heterocycles. The standard InChI is InChI=1S/C16H22FNO2/c1-12-6-4-5-11-18(12)15(19)16(2,3)20-14-9-7-13(17)8-10-14/h7-10,12H,4-6,11H2,1-3H3. The van der Waals surface area contributed by atoms with E-state index in [-0.39, 0.29) is 17.8 Å². The Bertz CT molecular complexity index is 470. The molecular weight excluding hydrogens is 257 g/mol. The van der Waals surface area contributed by atoms with Gasteiger partial charge in [0.05, 0.1) is 0 Å². The Morgan fingerprint density at radius 1 is 1.30 bits per heavy atom. The van der Waals surface area contributed by atoms with Crippen LogP contribution in [0, 0.1) is 5.82 Å². The van der Waals surface area contributed by atoms with E-state index >= 15 is 0 Å². The Hall–Kier alpha value is -1.58. The maximum atomic E-state index is 12.9. The lowest BCUT2D eigenvalue weighted by Crippen LogP contribution is -2.53. The van der Waals surface area contributed by atoms with Gasteiger partial charge in [0.1, 0.15) is 11.6 Å². The van der Waals surface area contributed by atoms with Crippen LogP contribution in [0.1, 0.15) is 40.0 Å². The summed E-state index contributed by atoms with van der Waals surface area (Å²) in [4.78, 5) is 14.5. The van der Waals surface area contributed by atoms with Crippen LogP contribution in [0.4, 0.5) is 4.39 Å². The van der Waals surface area contributed by atoms with Crippen LogP contribution in [0.15, 0.2) is 24.3 Å². The van der Waals surface area contributed by atoms with Crippen LogP contribution in [0.5, 0.6) is 5.75 Å². The molecule has 0 N–H and O–H groups in total. The van der Waals surface area contributed by atoms with Gasteiger partial charge in [-0.05, 0) is 64.3 Å². The van der Waals surface area contributed by atoms with Gasteiger partial charge in [0.15, 0.2) is 5.60 Å². The lowest BCUT2D eigenvalue weighted by Gasteiger charge is -2.38. The van der Waals surface area contributed by atoms with Crippen molar-refractivity contribution in [3.05, 3.63) is 30.1 Å². The van der Waals surface area contributed by atoms with Gasteiger partial charge in [-0.3, -0.25) is 4.79 Å². The lowest BCUT2D eigenvalue weighted by molar-refractivity contribution is -0.148. The van der Waals surface area contributed by atoms with Gasteiger partial charge in [-0.2, -0.15) is 0 Å². The number of nitrogens with zero attached hydrogens (tertiary/aromatic N) is 1. The van der Waals surface area contributed by atoms with Crippen molar-refractivity contribution in [3.63, 3.8) is 0 Å². The van der Waals surface area contributed by atoms with E-state index < -0.39 is 5.60 Å². The minimum atomic E-state index is -0.941. The molecule has 1 heterocycles. The summed E-state index contributed by atoms with van der Waals surface area (Å²) >= 11 is 0. The van der Waals surface area contributed by atoms with E-state index in [4.69, 9.17) is 4.74 Å². The lowest BCUT2D eigenvalue weighted by atomic mass is 9.99. The van der Waals surface area contributed by atoms with Crippen LogP contribution < -0.4 is 4.74 Å². The van der Waals surface area contributed by atoms with Crippen molar-refractivity contribution in [3.8, 4) is 5.75 Å². The van der Waals surface area contributed by atoms with Crippen molar-refractivity contribution in [2.75, 3.05) is 6.54 Å². The van der Waals surface area contributed by atoms with E-state index in [1.54, 1.807) is 26.0 Å². The molecule has 110 valence electrons. The average molecular weight is 279 g/mol. The van der Waals surface area contributed by atoms with Gasteiger partial charge in [-0.25, -0.2) is 4.39 Å². The van der Waals surface area contributed by atoms with Gasteiger partial charge in [0, 0.05) is 12.6 Å². The molecule has 0 spiro atoms. The quantitative estimate of drug-likeness (QED) is 0.849. The number of carbonyl (C=O) groups excluding carboxylic acids is 1. The number of piperidine rings is 1. The summed E-state index contributed by atoms with van der Waals surface area (Å²) in [7, 11) is 0. The summed E-state index contributed by atoms with van der Waals surface area (Å²) in [6.07, 6.45) is 3.26. The number of likely N-dealkylation sites (tertiary alicyclic amines) is 1. The molecule has 1 aromatic carbocycles. The molecule has 1 aromatic rings. The predicted octanol–water partition coefficient (Wildman–Crippen LogP) is 3.38. The summed E-state index contributed by atoms with van der Waals surface area (Å²) in [5.74, 6) is 0.189. The number of rotatable bonds is 3. The summed E-state index contributed by atoms with van der Waals surface area (Å²) in [6.45, 7) is 6.39. The number of benzene rings is 1. The maximum Gasteiger partial charge on any atom is 0.266 e. The summed E-state index contributed by atoms with van der Waals surface area (Å²) in [5, 5.41) is 0. The minimum Gasteiger partial charge on any atom is -0.478 e. The highest BCUT2D eigenvalue weighted by Crippen LogP contribution is 2.24. The van der Waals surface area contributed by atoms with Gasteiger partial charge in [0.2, 0.25) is 0 Å². The first-order valence-corrected chi connectivity index (χ1v) is 7.16. The van der Waals surface area contributed by atoms with Gasteiger partial charge >= 0.3 is 0 Å².